The van der Waals surface area contributed by atoms with Gasteiger partial charge in [-0.1, -0.05) is 62.4 Å². The van der Waals surface area contributed by atoms with Crippen LogP contribution in [0.15, 0.2) is 133 Å². The third-order valence-electron chi connectivity index (χ3n) is 5.57. The molecule has 4 nitrogen and oxygen atoms in total. The third kappa shape index (κ3) is 13.2. The molecule has 0 unspecified atom stereocenters. The Morgan fingerprint density at radius 1 is 0.548 bits per heavy atom. The van der Waals surface area contributed by atoms with Crippen LogP contribution >= 0.6 is 0 Å². The van der Waals surface area contributed by atoms with E-state index >= 15 is 0 Å². The summed E-state index contributed by atoms with van der Waals surface area (Å²) in [6, 6.07) is 42.3. The molecule has 6 heteroatoms. The summed E-state index contributed by atoms with van der Waals surface area (Å²) in [6.07, 6.45) is 0. The fourth-order valence-corrected chi connectivity index (χ4v) is 3.77. The van der Waals surface area contributed by atoms with Crippen LogP contribution in [0.5, 0.6) is 0 Å². The summed E-state index contributed by atoms with van der Waals surface area (Å²) in [7, 11) is 0. The minimum absolute atomic E-state index is 0. The van der Waals surface area contributed by atoms with Crippen molar-refractivity contribution >= 4 is 40.4 Å². The Balaban J connectivity index is 0.000000516. The molecule has 0 aliphatic heterocycles. The zero-order chi connectivity index (χ0) is 29.3. The van der Waals surface area contributed by atoms with E-state index in [4.69, 9.17) is 10.2 Å². The van der Waals surface area contributed by atoms with E-state index in [0.29, 0.717) is 11.1 Å². The molecule has 0 atom stereocenters. The van der Waals surface area contributed by atoms with Gasteiger partial charge in [0.2, 0.25) is 0 Å². The number of hydrogen-bond donors (Lipinski definition) is 2. The van der Waals surface area contributed by atoms with Crippen molar-refractivity contribution in [3.8, 4) is 0 Å². The molecule has 6 rings (SSSR count). The van der Waals surface area contributed by atoms with E-state index < -0.39 is 11.9 Å². The SMILES string of the molecule is Cc1cc2ccccc2[cH-]1.Cc1cc2ccccc2[cH-]1.O=C(O)c1ccccc1.O=C(O)c1ccccc1.[CH3-].[CH3-].[Si]=[Zr]. The molecular formula is C36H36O4SiZr-4. The molecule has 6 aromatic carbocycles. The molecule has 0 aliphatic carbocycles. The van der Waals surface area contributed by atoms with E-state index in [1.54, 1.807) is 60.7 Å². The van der Waals surface area contributed by atoms with Gasteiger partial charge in [0.1, 0.15) is 0 Å². The predicted octanol–water partition coefficient (Wildman–Crippen LogP) is 9.02. The number of carbonyl (C=O) groups is 2. The minimum atomic E-state index is -0.879. The van der Waals surface area contributed by atoms with Gasteiger partial charge in [-0.05, 0) is 24.3 Å². The molecule has 0 aromatic heterocycles. The van der Waals surface area contributed by atoms with Crippen molar-refractivity contribution in [2.45, 2.75) is 13.8 Å². The van der Waals surface area contributed by atoms with Gasteiger partial charge in [-0.15, -0.1) is 81.2 Å². The van der Waals surface area contributed by atoms with Crippen LogP contribution in [0.3, 0.4) is 0 Å². The fourth-order valence-electron chi connectivity index (χ4n) is 3.77. The van der Waals surface area contributed by atoms with Gasteiger partial charge in [-0.2, -0.15) is 12.1 Å². The molecular weight excluding hydrogens is 616 g/mol. The van der Waals surface area contributed by atoms with Gasteiger partial charge in [0, 0.05) is 0 Å². The van der Waals surface area contributed by atoms with Crippen molar-refractivity contribution in [3.05, 3.63) is 171 Å². The van der Waals surface area contributed by atoms with Crippen LogP contribution in [-0.2, 0) is 23.3 Å². The molecule has 0 aliphatic rings. The Morgan fingerprint density at radius 3 is 1.10 bits per heavy atom. The van der Waals surface area contributed by atoms with Crippen molar-refractivity contribution in [2.75, 3.05) is 0 Å². The first-order valence-corrected chi connectivity index (χ1v) is 16.6. The molecule has 0 fully saturated rings. The second kappa shape index (κ2) is 20.9. The fraction of sp³-hybridized carbons (Fsp3) is 0.0556. The second-order valence-corrected chi connectivity index (χ2v) is 8.67. The molecule has 2 N–H and O–H groups in total. The van der Waals surface area contributed by atoms with Gasteiger partial charge >= 0.3 is 42.2 Å². The summed E-state index contributed by atoms with van der Waals surface area (Å²) < 4.78 is 0. The van der Waals surface area contributed by atoms with E-state index in [0.717, 1.165) is 0 Å². The zero-order valence-electron chi connectivity index (χ0n) is 24.4. The summed E-state index contributed by atoms with van der Waals surface area (Å²) >= 11 is 1.36. The van der Waals surface area contributed by atoms with E-state index in [1.807, 2.05) is 0 Å². The van der Waals surface area contributed by atoms with Crippen LogP contribution in [0.4, 0.5) is 0 Å². The number of hydrogen-bond acceptors (Lipinski definition) is 2. The summed E-state index contributed by atoms with van der Waals surface area (Å²) in [5.74, 6) is -1.76. The van der Waals surface area contributed by atoms with Crippen LogP contribution in [0.2, 0.25) is 0 Å². The molecule has 216 valence electrons. The van der Waals surface area contributed by atoms with Crippen molar-refractivity contribution in [3.63, 3.8) is 0 Å². The summed E-state index contributed by atoms with van der Waals surface area (Å²) in [5.41, 5.74) is 3.36. The van der Waals surface area contributed by atoms with Crippen LogP contribution in [0.25, 0.3) is 21.5 Å². The van der Waals surface area contributed by atoms with Gasteiger partial charge in [0.25, 0.3) is 0 Å². The van der Waals surface area contributed by atoms with Gasteiger partial charge in [0.05, 0.1) is 11.1 Å². The Kier molecular flexibility index (Phi) is 19.0. The molecule has 0 heterocycles. The Bertz CT molecular complexity index is 1420. The molecule has 0 bridgehead atoms. The third-order valence-corrected chi connectivity index (χ3v) is 5.57. The van der Waals surface area contributed by atoms with E-state index in [2.05, 4.69) is 93.5 Å². The van der Waals surface area contributed by atoms with Gasteiger partial charge in [-0.3, -0.25) is 0 Å². The summed E-state index contributed by atoms with van der Waals surface area (Å²) in [4.78, 5) is 20.4. The number of carboxylic acids is 2. The molecule has 0 amide bonds. The molecule has 0 spiro atoms. The number of rotatable bonds is 2. The van der Waals surface area contributed by atoms with Gasteiger partial charge in [-0.25, -0.2) is 9.59 Å². The van der Waals surface area contributed by atoms with Crippen molar-refractivity contribution in [2.24, 2.45) is 0 Å². The number of benzene rings is 4. The molecule has 42 heavy (non-hydrogen) atoms. The van der Waals surface area contributed by atoms with Crippen LogP contribution in [0, 0.1) is 28.7 Å². The molecule has 6 aromatic rings. The number of fused-ring (bicyclic) bond motifs is 2. The molecule has 0 saturated heterocycles. The Hall–Kier alpha value is -3.86. The summed E-state index contributed by atoms with van der Waals surface area (Å²) in [5, 5.41) is 22.2. The van der Waals surface area contributed by atoms with E-state index in [-0.39, 0.29) is 14.9 Å². The van der Waals surface area contributed by atoms with Gasteiger partial charge in [0.15, 0.2) is 0 Å². The van der Waals surface area contributed by atoms with E-state index in [1.165, 1.54) is 56.0 Å². The van der Waals surface area contributed by atoms with Crippen molar-refractivity contribution < 1.29 is 43.1 Å². The number of aryl methyl sites for hydroxylation is 2. The topological polar surface area (TPSA) is 74.6 Å². The van der Waals surface area contributed by atoms with Crippen LogP contribution < -0.4 is 0 Å². The Morgan fingerprint density at radius 2 is 0.833 bits per heavy atom. The second-order valence-electron chi connectivity index (χ2n) is 8.67. The first kappa shape index (κ1) is 38.1. The maximum atomic E-state index is 10.2. The van der Waals surface area contributed by atoms with Crippen molar-refractivity contribution in [1.29, 1.82) is 0 Å². The first-order valence-electron chi connectivity index (χ1n) is 12.4. The molecule has 2 radical (unpaired) electrons. The van der Waals surface area contributed by atoms with Crippen LogP contribution in [-0.4, -0.2) is 29.0 Å². The number of aromatic carboxylic acids is 2. The first-order chi connectivity index (χ1) is 19.3. The van der Waals surface area contributed by atoms with Gasteiger partial charge < -0.3 is 25.1 Å². The van der Waals surface area contributed by atoms with Crippen LogP contribution in [0.1, 0.15) is 31.8 Å². The number of carboxylic acid groups (broad SMARTS) is 2. The normalized spacial score (nSPS) is 8.88. The average molecular weight is 652 g/mol. The monoisotopic (exact) mass is 650 g/mol. The predicted molar refractivity (Wildman–Crippen MR) is 174 cm³/mol. The zero-order valence-corrected chi connectivity index (χ0v) is 27.9. The van der Waals surface area contributed by atoms with E-state index in [9.17, 15) is 9.59 Å². The Labute approximate surface area is 266 Å². The summed E-state index contributed by atoms with van der Waals surface area (Å²) in [6.45, 7) is 7.31. The maximum absolute atomic E-state index is 10.2. The standard InChI is InChI=1S/2C10H9.2C7H6O2.2CH3.Si.Zr/c2*1-8-6-9-4-2-3-5-10(9)7-8;2*8-7(9)6-4-2-1-3-5-6;;;;/h2*2-7H,1H3;2*1-5H,(H,8,9);2*1H3;;/q2*-1;;;2*-1;;. The van der Waals surface area contributed by atoms with Crippen molar-refractivity contribution in [1.82, 2.24) is 0 Å². The molecule has 0 saturated carbocycles. The quantitative estimate of drug-likeness (QED) is 0.145. The average Bonchev–Trinajstić information content (AvgIpc) is 3.56.